The van der Waals surface area contributed by atoms with Gasteiger partial charge in [0.05, 0.1) is 22.6 Å². The summed E-state index contributed by atoms with van der Waals surface area (Å²) in [6, 6.07) is 5.56. The lowest BCUT2D eigenvalue weighted by atomic mass is 10.2. The maximum absolute atomic E-state index is 6.18. The van der Waals surface area contributed by atoms with Crippen molar-refractivity contribution in [3.8, 4) is 5.69 Å². The van der Waals surface area contributed by atoms with E-state index in [0.717, 1.165) is 16.9 Å². The summed E-state index contributed by atoms with van der Waals surface area (Å²) in [6.45, 7) is 0.645. The van der Waals surface area contributed by atoms with Crippen molar-refractivity contribution in [2.24, 2.45) is 7.05 Å². The number of tetrazole rings is 1. The van der Waals surface area contributed by atoms with E-state index in [9.17, 15) is 0 Å². The first kappa shape index (κ1) is 12.6. The van der Waals surface area contributed by atoms with Crippen LogP contribution in [0.15, 0.2) is 36.9 Å². The van der Waals surface area contributed by atoms with Gasteiger partial charge in [-0.1, -0.05) is 11.6 Å². The largest absolute Gasteiger partial charge is 0.380 e. The molecule has 0 fully saturated rings. The molecule has 102 valence electrons. The summed E-state index contributed by atoms with van der Waals surface area (Å²) < 4.78 is 3.34. The van der Waals surface area contributed by atoms with E-state index in [-0.39, 0.29) is 0 Å². The fourth-order valence-electron chi connectivity index (χ4n) is 1.83. The van der Waals surface area contributed by atoms with E-state index in [0.29, 0.717) is 11.6 Å². The fraction of sp³-hybridized carbons (Fsp3) is 0.167. The highest BCUT2D eigenvalue weighted by atomic mass is 35.5. The van der Waals surface area contributed by atoms with Crippen LogP contribution in [0.4, 0.5) is 5.69 Å². The molecule has 3 rings (SSSR count). The van der Waals surface area contributed by atoms with Crippen molar-refractivity contribution in [1.29, 1.82) is 0 Å². The van der Waals surface area contributed by atoms with E-state index in [1.807, 2.05) is 37.6 Å². The minimum Gasteiger partial charge on any atom is -0.380 e. The van der Waals surface area contributed by atoms with E-state index in [1.54, 1.807) is 9.36 Å². The van der Waals surface area contributed by atoms with Crippen LogP contribution in [0, 0.1) is 0 Å². The molecular formula is C12H12ClN7. The molecule has 20 heavy (non-hydrogen) atoms. The molecule has 3 aromatic rings. The smallest absolute Gasteiger partial charge is 0.143 e. The summed E-state index contributed by atoms with van der Waals surface area (Å²) in [4.78, 5) is 0. The Balaban J connectivity index is 1.80. The average molecular weight is 290 g/mol. The van der Waals surface area contributed by atoms with Crippen LogP contribution in [0.3, 0.4) is 0 Å². The van der Waals surface area contributed by atoms with Gasteiger partial charge in [0, 0.05) is 25.4 Å². The second-order valence-electron chi connectivity index (χ2n) is 4.29. The van der Waals surface area contributed by atoms with Gasteiger partial charge >= 0.3 is 0 Å². The Hall–Kier alpha value is -2.41. The van der Waals surface area contributed by atoms with Crippen molar-refractivity contribution in [3.05, 3.63) is 47.5 Å². The lowest BCUT2D eigenvalue weighted by Gasteiger charge is -2.09. The van der Waals surface area contributed by atoms with E-state index in [4.69, 9.17) is 11.6 Å². The Kier molecular flexibility index (Phi) is 3.34. The zero-order chi connectivity index (χ0) is 13.9. The molecule has 1 aromatic carbocycles. The molecule has 0 saturated carbocycles. The molecule has 0 spiro atoms. The molecule has 1 N–H and O–H groups in total. The number of aryl methyl sites for hydroxylation is 1. The normalized spacial score (nSPS) is 10.7. The third-order valence-electron chi connectivity index (χ3n) is 2.80. The van der Waals surface area contributed by atoms with Crippen LogP contribution in [0.5, 0.6) is 0 Å². The Morgan fingerprint density at radius 2 is 2.25 bits per heavy atom. The maximum atomic E-state index is 6.18. The predicted octanol–water partition coefficient (Wildman–Crippen LogP) is 1.66. The van der Waals surface area contributed by atoms with Crippen molar-refractivity contribution < 1.29 is 0 Å². The van der Waals surface area contributed by atoms with Crippen LogP contribution < -0.4 is 5.32 Å². The van der Waals surface area contributed by atoms with Crippen molar-refractivity contribution in [1.82, 2.24) is 30.0 Å². The predicted molar refractivity (Wildman–Crippen MR) is 74.7 cm³/mol. The SMILES string of the molecule is Cn1cc(CNc2cc(-n3cnnn3)ccc2Cl)cn1. The van der Waals surface area contributed by atoms with E-state index in [2.05, 4.69) is 25.9 Å². The number of hydrogen-bond acceptors (Lipinski definition) is 5. The Morgan fingerprint density at radius 1 is 1.35 bits per heavy atom. The van der Waals surface area contributed by atoms with Gasteiger partial charge in [-0.15, -0.1) is 5.10 Å². The number of halogens is 1. The summed E-state index contributed by atoms with van der Waals surface area (Å²) in [5.74, 6) is 0. The van der Waals surface area contributed by atoms with Crippen LogP contribution in [-0.4, -0.2) is 30.0 Å². The maximum Gasteiger partial charge on any atom is 0.143 e. The van der Waals surface area contributed by atoms with Gasteiger partial charge in [-0.3, -0.25) is 4.68 Å². The van der Waals surface area contributed by atoms with Gasteiger partial charge in [0.1, 0.15) is 6.33 Å². The fourth-order valence-corrected chi connectivity index (χ4v) is 2.02. The molecule has 0 amide bonds. The van der Waals surface area contributed by atoms with E-state index in [1.165, 1.54) is 6.33 Å². The Labute approximate surface area is 120 Å². The van der Waals surface area contributed by atoms with Crippen molar-refractivity contribution in [2.75, 3.05) is 5.32 Å². The average Bonchev–Trinajstić information content (AvgIpc) is 3.09. The first-order chi connectivity index (χ1) is 9.72. The minimum absolute atomic E-state index is 0.644. The van der Waals surface area contributed by atoms with Gasteiger partial charge < -0.3 is 5.32 Å². The van der Waals surface area contributed by atoms with Gasteiger partial charge in [0.25, 0.3) is 0 Å². The topological polar surface area (TPSA) is 73.5 Å². The molecule has 0 radical (unpaired) electrons. The molecule has 0 bridgehead atoms. The molecule has 2 aromatic heterocycles. The van der Waals surface area contributed by atoms with E-state index >= 15 is 0 Å². The highest BCUT2D eigenvalue weighted by Crippen LogP contribution is 2.24. The Bertz CT molecular complexity index is 704. The van der Waals surface area contributed by atoms with Gasteiger partial charge in [0.15, 0.2) is 0 Å². The minimum atomic E-state index is 0.644. The summed E-state index contributed by atoms with van der Waals surface area (Å²) in [6.07, 6.45) is 5.30. The first-order valence-electron chi connectivity index (χ1n) is 5.97. The van der Waals surface area contributed by atoms with Gasteiger partial charge in [-0.2, -0.15) is 5.10 Å². The highest BCUT2D eigenvalue weighted by Gasteiger charge is 2.05. The molecule has 0 aliphatic carbocycles. The lowest BCUT2D eigenvalue weighted by Crippen LogP contribution is -2.01. The van der Waals surface area contributed by atoms with Gasteiger partial charge in [-0.05, 0) is 28.6 Å². The molecule has 0 saturated heterocycles. The summed E-state index contributed by atoms with van der Waals surface area (Å²) in [7, 11) is 1.88. The number of anilines is 1. The summed E-state index contributed by atoms with van der Waals surface area (Å²) in [5.41, 5.74) is 2.74. The number of rotatable bonds is 4. The summed E-state index contributed by atoms with van der Waals surface area (Å²) in [5, 5.41) is 19.1. The summed E-state index contributed by atoms with van der Waals surface area (Å²) >= 11 is 6.18. The Morgan fingerprint density at radius 3 is 2.95 bits per heavy atom. The van der Waals surface area contributed by atoms with Gasteiger partial charge in [0.2, 0.25) is 0 Å². The molecule has 7 nitrogen and oxygen atoms in total. The standard InChI is InChI=1S/C12H12ClN7/c1-19-7-9(6-16-19)5-14-12-4-10(2-3-11(12)13)20-8-15-17-18-20/h2-4,6-8,14H,5H2,1H3. The monoisotopic (exact) mass is 289 g/mol. The van der Waals surface area contributed by atoms with Gasteiger partial charge in [-0.25, -0.2) is 4.68 Å². The quantitative estimate of drug-likeness (QED) is 0.791. The van der Waals surface area contributed by atoms with Crippen LogP contribution in [0.1, 0.15) is 5.56 Å². The third-order valence-corrected chi connectivity index (χ3v) is 3.13. The molecule has 0 unspecified atom stereocenters. The van der Waals surface area contributed by atoms with E-state index < -0.39 is 0 Å². The molecule has 2 heterocycles. The molecule has 0 aliphatic rings. The van der Waals surface area contributed by atoms with Crippen LogP contribution >= 0.6 is 11.6 Å². The number of hydrogen-bond donors (Lipinski definition) is 1. The zero-order valence-corrected chi connectivity index (χ0v) is 11.5. The highest BCUT2D eigenvalue weighted by molar-refractivity contribution is 6.33. The van der Waals surface area contributed by atoms with Crippen LogP contribution in [0.25, 0.3) is 5.69 Å². The lowest BCUT2D eigenvalue weighted by molar-refractivity contribution is 0.767. The zero-order valence-electron chi connectivity index (χ0n) is 10.7. The molecule has 0 aliphatic heterocycles. The van der Waals surface area contributed by atoms with Crippen molar-refractivity contribution >= 4 is 17.3 Å². The first-order valence-corrected chi connectivity index (χ1v) is 6.34. The van der Waals surface area contributed by atoms with Crippen LogP contribution in [0.2, 0.25) is 5.02 Å². The third kappa shape index (κ3) is 2.62. The molecule has 0 atom stereocenters. The van der Waals surface area contributed by atoms with Crippen molar-refractivity contribution in [3.63, 3.8) is 0 Å². The second-order valence-corrected chi connectivity index (χ2v) is 4.70. The van der Waals surface area contributed by atoms with Crippen LogP contribution in [-0.2, 0) is 13.6 Å². The second kappa shape index (κ2) is 5.30. The number of nitrogens with zero attached hydrogens (tertiary/aromatic N) is 6. The number of aromatic nitrogens is 6. The molecule has 8 heteroatoms. The number of nitrogens with one attached hydrogen (secondary N) is 1. The van der Waals surface area contributed by atoms with Crippen molar-refractivity contribution in [2.45, 2.75) is 6.54 Å². The number of benzene rings is 1. The molecular weight excluding hydrogens is 278 g/mol.